The second kappa shape index (κ2) is 7.53. The molecule has 0 heterocycles. The summed E-state index contributed by atoms with van der Waals surface area (Å²) < 4.78 is 32.7. The number of anilines is 1. The van der Waals surface area contributed by atoms with Crippen molar-refractivity contribution in [2.24, 2.45) is 0 Å². The summed E-state index contributed by atoms with van der Waals surface area (Å²) in [4.78, 5) is 23.9. The van der Waals surface area contributed by atoms with Crippen LogP contribution in [-0.4, -0.2) is 18.0 Å². The molecule has 2 rings (SSSR count). The lowest BCUT2D eigenvalue weighted by atomic mass is 10.1. The summed E-state index contributed by atoms with van der Waals surface area (Å²) in [5.41, 5.74) is 0.350. The summed E-state index contributed by atoms with van der Waals surface area (Å²) in [5, 5.41) is 2.33. The minimum atomic E-state index is -1.18. The lowest BCUT2D eigenvalue weighted by Gasteiger charge is -2.14. The Morgan fingerprint density at radius 3 is 2.46 bits per heavy atom. The van der Waals surface area contributed by atoms with Crippen molar-refractivity contribution < 1.29 is 23.1 Å². The van der Waals surface area contributed by atoms with Gasteiger partial charge in [-0.05, 0) is 49.7 Å². The maximum absolute atomic E-state index is 13.7. The number of ether oxygens (including phenoxy) is 1. The number of hydrogen-bond acceptors (Lipinski definition) is 3. The van der Waals surface area contributed by atoms with Crippen LogP contribution in [0.1, 0.15) is 22.8 Å². The SMILES string of the molecule is Cc1ccc(C(=O)O[C@H](C)C(=O)Nc2ccc(Br)cc2F)cc1F. The van der Waals surface area contributed by atoms with Crippen LogP contribution in [0.2, 0.25) is 0 Å². The van der Waals surface area contributed by atoms with Crippen molar-refractivity contribution in [1.82, 2.24) is 0 Å². The van der Waals surface area contributed by atoms with Gasteiger partial charge in [-0.2, -0.15) is 0 Å². The van der Waals surface area contributed by atoms with Gasteiger partial charge in [-0.25, -0.2) is 13.6 Å². The van der Waals surface area contributed by atoms with Gasteiger partial charge in [-0.15, -0.1) is 0 Å². The average molecular weight is 398 g/mol. The van der Waals surface area contributed by atoms with Crippen LogP contribution in [0.5, 0.6) is 0 Å². The van der Waals surface area contributed by atoms with E-state index < -0.39 is 29.6 Å². The molecular formula is C17H14BrF2NO3. The van der Waals surface area contributed by atoms with Crippen LogP contribution in [0.25, 0.3) is 0 Å². The van der Waals surface area contributed by atoms with Crippen LogP contribution in [-0.2, 0) is 9.53 Å². The van der Waals surface area contributed by atoms with E-state index in [4.69, 9.17) is 4.74 Å². The second-order valence-electron chi connectivity index (χ2n) is 5.12. The zero-order chi connectivity index (χ0) is 17.9. The Bertz CT molecular complexity index is 795. The summed E-state index contributed by atoms with van der Waals surface area (Å²) in [6, 6.07) is 8.01. The van der Waals surface area contributed by atoms with Crippen LogP contribution in [0.3, 0.4) is 0 Å². The Morgan fingerprint density at radius 2 is 1.83 bits per heavy atom. The molecular weight excluding hydrogens is 384 g/mol. The Labute approximate surface area is 145 Å². The molecule has 0 spiro atoms. The Kier molecular flexibility index (Phi) is 5.66. The summed E-state index contributed by atoms with van der Waals surface area (Å²) >= 11 is 3.11. The van der Waals surface area contributed by atoms with Gasteiger partial charge in [0.05, 0.1) is 11.3 Å². The molecule has 0 saturated carbocycles. The highest BCUT2D eigenvalue weighted by molar-refractivity contribution is 9.10. The van der Waals surface area contributed by atoms with Crippen LogP contribution >= 0.6 is 15.9 Å². The smallest absolute Gasteiger partial charge is 0.339 e. The van der Waals surface area contributed by atoms with Gasteiger partial charge in [0.1, 0.15) is 11.6 Å². The van der Waals surface area contributed by atoms with Gasteiger partial charge in [0, 0.05) is 4.47 Å². The van der Waals surface area contributed by atoms with Crippen LogP contribution in [0.4, 0.5) is 14.5 Å². The number of carbonyl (C=O) groups excluding carboxylic acids is 2. The number of rotatable bonds is 4. The molecule has 0 radical (unpaired) electrons. The molecule has 0 fully saturated rings. The number of aryl methyl sites for hydroxylation is 1. The van der Waals surface area contributed by atoms with Crippen LogP contribution in [0.15, 0.2) is 40.9 Å². The molecule has 24 heavy (non-hydrogen) atoms. The van der Waals surface area contributed by atoms with E-state index in [0.29, 0.717) is 10.0 Å². The third-order valence-electron chi connectivity index (χ3n) is 3.25. The first-order chi connectivity index (χ1) is 11.3. The fourth-order valence-electron chi connectivity index (χ4n) is 1.83. The molecule has 0 aromatic heterocycles. The van der Waals surface area contributed by atoms with E-state index in [-0.39, 0.29) is 11.3 Å². The standard InChI is InChI=1S/C17H14BrF2NO3/c1-9-3-4-11(7-13(9)19)17(23)24-10(2)16(22)21-15-6-5-12(18)8-14(15)20/h3-8,10H,1-2H3,(H,21,22)/t10-/m1/s1. The normalized spacial score (nSPS) is 11.7. The van der Waals surface area contributed by atoms with Crippen molar-refractivity contribution in [1.29, 1.82) is 0 Å². The van der Waals surface area contributed by atoms with E-state index in [1.807, 2.05) is 0 Å². The summed E-state index contributed by atoms with van der Waals surface area (Å²) in [5.74, 6) is -2.71. The number of nitrogens with one attached hydrogen (secondary N) is 1. The highest BCUT2D eigenvalue weighted by Gasteiger charge is 2.20. The van der Waals surface area contributed by atoms with Gasteiger partial charge in [-0.1, -0.05) is 22.0 Å². The van der Waals surface area contributed by atoms with Gasteiger partial charge in [-0.3, -0.25) is 4.79 Å². The Morgan fingerprint density at radius 1 is 1.12 bits per heavy atom. The fourth-order valence-corrected chi connectivity index (χ4v) is 2.16. The molecule has 0 aliphatic rings. The van der Waals surface area contributed by atoms with Crippen molar-refractivity contribution in [2.45, 2.75) is 20.0 Å². The predicted octanol–water partition coefficient (Wildman–Crippen LogP) is 4.22. The molecule has 0 saturated heterocycles. The van der Waals surface area contributed by atoms with E-state index in [0.717, 1.165) is 6.07 Å². The summed E-state index contributed by atoms with van der Waals surface area (Å²) in [6.45, 7) is 2.90. The molecule has 126 valence electrons. The molecule has 2 aromatic rings. The maximum atomic E-state index is 13.7. The number of halogens is 3. The van der Waals surface area contributed by atoms with E-state index in [9.17, 15) is 18.4 Å². The third kappa shape index (κ3) is 4.38. The largest absolute Gasteiger partial charge is 0.449 e. The predicted molar refractivity (Wildman–Crippen MR) is 88.7 cm³/mol. The number of amides is 1. The van der Waals surface area contributed by atoms with Crippen LogP contribution in [0, 0.1) is 18.6 Å². The van der Waals surface area contributed by atoms with E-state index >= 15 is 0 Å². The van der Waals surface area contributed by atoms with Gasteiger partial charge in [0.2, 0.25) is 0 Å². The number of benzene rings is 2. The van der Waals surface area contributed by atoms with Crippen molar-refractivity contribution in [3.63, 3.8) is 0 Å². The molecule has 2 aromatic carbocycles. The van der Waals surface area contributed by atoms with Gasteiger partial charge >= 0.3 is 5.97 Å². The molecule has 0 aliphatic carbocycles. The molecule has 0 bridgehead atoms. The average Bonchev–Trinajstić information content (AvgIpc) is 2.52. The number of esters is 1. The lowest BCUT2D eigenvalue weighted by Crippen LogP contribution is -2.30. The Balaban J connectivity index is 2.02. The summed E-state index contributed by atoms with van der Waals surface area (Å²) in [7, 11) is 0. The first-order valence-electron chi connectivity index (χ1n) is 7.01. The molecule has 1 atom stereocenters. The van der Waals surface area contributed by atoms with Crippen molar-refractivity contribution >= 4 is 33.5 Å². The van der Waals surface area contributed by atoms with Crippen molar-refractivity contribution in [3.8, 4) is 0 Å². The van der Waals surface area contributed by atoms with Crippen LogP contribution < -0.4 is 5.32 Å². The monoisotopic (exact) mass is 397 g/mol. The fraction of sp³-hybridized carbons (Fsp3) is 0.176. The van der Waals surface area contributed by atoms with Crippen molar-refractivity contribution in [2.75, 3.05) is 5.32 Å². The zero-order valence-electron chi connectivity index (χ0n) is 12.9. The minimum Gasteiger partial charge on any atom is -0.449 e. The zero-order valence-corrected chi connectivity index (χ0v) is 14.5. The summed E-state index contributed by atoms with van der Waals surface area (Å²) in [6.07, 6.45) is -1.18. The Hall–Kier alpha value is -2.28. The molecule has 7 heteroatoms. The maximum Gasteiger partial charge on any atom is 0.339 e. The third-order valence-corrected chi connectivity index (χ3v) is 3.74. The second-order valence-corrected chi connectivity index (χ2v) is 6.04. The quantitative estimate of drug-likeness (QED) is 0.785. The molecule has 1 amide bonds. The first kappa shape index (κ1) is 18.1. The highest BCUT2D eigenvalue weighted by atomic mass is 79.9. The topological polar surface area (TPSA) is 55.4 Å². The number of hydrogen-bond donors (Lipinski definition) is 1. The lowest BCUT2D eigenvalue weighted by molar-refractivity contribution is -0.123. The molecule has 4 nitrogen and oxygen atoms in total. The molecule has 1 N–H and O–H groups in total. The van der Waals surface area contributed by atoms with Gasteiger partial charge < -0.3 is 10.1 Å². The molecule has 0 aliphatic heterocycles. The van der Waals surface area contributed by atoms with E-state index in [1.165, 1.54) is 31.2 Å². The minimum absolute atomic E-state index is 0.00688. The van der Waals surface area contributed by atoms with E-state index in [2.05, 4.69) is 21.2 Å². The van der Waals surface area contributed by atoms with Crippen molar-refractivity contribution in [3.05, 3.63) is 63.6 Å². The highest BCUT2D eigenvalue weighted by Crippen LogP contribution is 2.20. The van der Waals surface area contributed by atoms with Gasteiger partial charge in [0.25, 0.3) is 5.91 Å². The molecule has 0 unspecified atom stereocenters. The first-order valence-corrected chi connectivity index (χ1v) is 7.80. The number of carbonyl (C=O) groups is 2. The van der Waals surface area contributed by atoms with Gasteiger partial charge in [0.15, 0.2) is 6.10 Å². The van der Waals surface area contributed by atoms with E-state index in [1.54, 1.807) is 13.0 Å².